The highest BCUT2D eigenvalue weighted by Gasteiger charge is 2.27. The van der Waals surface area contributed by atoms with Gasteiger partial charge in [0.2, 0.25) is 5.91 Å². The smallest absolute Gasteiger partial charge is 0.264 e. The van der Waals surface area contributed by atoms with Crippen LogP contribution >= 0.6 is 11.8 Å². The molecule has 0 saturated carbocycles. The van der Waals surface area contributed by atoms with Crippen LogP contribution in [0.2, 0.25) is 0 Å². The van der Waals surface area contributed by atoms with Crippen molar-refractivity contribution in [2.45, 2.75) is 9.79 Å². The predicted molar refractivity (Wildman–Crippen MR) is 121 cm³/mol. The fraction of sp³-hybridized carbons (Fsp3) is 0.136. The van der Waals surface area contributed by atoms with Gasteiger partial charge in [0, 0.05) is 4.90 Å². The maximum atomic E-state index is 13.3. The number of hydrogen-bond donors (Lipinski definition) is 1. The molecule has 0 aliphatic heterocycles. The SMILES string of the molecule is COc1ccc(S(=O)(=O)N(CC(=O)Nc2ccccc2SC)c2ccccc2)cc1. The van der Waals surface area contributed by atoms with Gasteiger partial charge in [-0.15, -0.1) is 11.8 Å². The van der Waals surface area contributed by atoms with Gasteiger partial charge in [0.1, 0.15) is 12.3 Å². The van der Waals surface area contributed by atoms with Gasteiger partial charge in [0.15, 0.2) is 0 Å². The molecule has 8 heteroatoms. The van der Waals surface area contributed by atoms with E-state index in [2.05, 4.69) is 5.32 Å². The first-order valence-electron chi connectivity index (χ1n) is 9.10. The monoisotopic (exact) mass is 442 g/mol. The molecule has 0 aliphatic rings. The second-order valence-electron chi connectivity index (χ2n) is 6.27. The standard InChI is InChI=1S/C22H22N2O4S2/c1-28-18-12-14-19(15-13-18)30(26,27)24(17-8-4-3-5-9-17)16-22(25)23-20-10-6-7-11-21(20)29-2/h3-15H,16H2,1-2H3,(H,23,25). The normalized spacial score (nSPS) is 11.0. The zero-order chi connectivity index (χ0) is 21.6. The van der Waals surface area contributed by atoms with Crippen molar-refractivity contribution in [3.05, 3.63) is 78.9 Å². The van der Waals surface area contributed by atoms with E-state index in [1.807, 2.05) is 24.5 Å². The molecule has 0 radical (unpaired) electrons. The molecule has 0 aliphatic carbocycles. The number of benzene rings is 3. The third kappa shape index (κ3) is 4.95. The number of carbonyl (C=O) groups excluding carboxylic acids is 1. The quantitative estimate of drug-likeness (QED) is 0.528. The summed E-state index contributed by atoms with van der Waals surface area (Å²) in [6, 6.07) is 22.0. The molecule has 1 amide bonds. The molecule has 3 aromatic carbocycles. The summed E-state index contributed by atoms with van der Waals surface area (Å²) in [7, 11) is -2.46. The van der Waals surface area contributed by atoms with Gasteiger partial charge >= 0.3 is 0 Å². The number of ether oxygens (including phenoxy) is 1. The highest BCUT2D eigenvalue weighted by atomic mass is 32.2. The summed E-state index contributed by atoms with van der Waals surface area (Å²) in [6.45, 7) is -0.360. The lowest BCUT2D eigenvalue weighted by molar-refractivity contribution is -0.114. The van der Waals surface area contributed by atoms with Crippen LogP contribution in [0, 0.1) is 0 Å². The Morgan fingerprint density at radius 2 is 1.60 bits per heavy atom. The molecule has 0 aromatic heterocycles. The number of thioether (sulfide) groups is 1. The lowest BCUT2D eigenvalue weighted by atomic mass is 10.3. The van der Waals surface area contributed by atoms with E-state index in [-0.39, 0.29) is 11.4 Å². The number of rotatable bonds is 8. The van der Waals surface area contributed by atoms with Crippen molar-refractivity contribution < 1.29 is 17.9 Å². The summed E-state index contributed by atoms with van der Waals surface area (Å²) >= 11 is 1.50. The Morgan fingerprint density at radius 1 is 0.967 bits per heavy atom. The van der Waals surface area contributed by atoms with Gasteiger partial charge < -0.3 is 10.1 Å². The molecule has 3 rings (SSSR count). The number of amides is 1. The minimum absolute atomic E-state index is 0.0736. The third-order valence-corrected chi connectivity index (χ3v) is 6.94. The molecule has 0 heterocycles. The number of anilines is 2. The first-order chi connectivity index (χ1) is 14.5. The highest BCUT2D eigenvalue weighted by molar-refractivity contribution is 7.98. The van der Waals surface area contributed by atoms with E-state index in [1.165, 1.54) is 31.0 Å². The molecule has 3 aromatic rings. The largest absolute Gasteiger partial charge is 0.497 e. The predicted octanol–water partition coefficient (Wildman–Crippen LogP) is 4.25. The van der Waals surface area contributed by atoms with Crippen LogP contribution in [-0.4, -0.2) is 34.2 Å². The van der Waals surface area contributed by atoms with Gasteiger partial charge in [-0.2, -0.15) is 0 Å². The maximum absolute atomic E-state index is 13.3. The van der Waals surface area contributed by atoms with Crippen LogP contribution < -0.4 is 14.4 Å². The van der Waals surface area contributed by atoms with Crippen LogP contribution in [-0.2, 0) is 14.8 Å². The van der Waals surface area contributed by atoms with Gasteiger partial charge in [0.25, 0.3) is 10.0 Å². The molecule has 0 bridgehead atoms. The first kappa shape index (κ1) is 21.7. The van der Waals surface area contributed by atoms with Crippen molar-refractivity contribution in [1.82, 2.24) is 0 Å². The molecule has 0 fully saturated rings. The lowest BCUT2D eigenvalue weighted by Gasteiger charge is -2.24. The summed E-state index contributed by atoms with van der Waals surface area (Å²) < 4.78 is 32.9. The minimum Gasteiger partial charge on any atom is -0.497 e. The van der Waals surface area contributed by atoms with Crippen LogP contribution in [0.3, 0.4) is 0 Å². The second-order valence-corrected chi connectivity index (χ2v) is 8.98. The Bertz CT molecular complexity index is 1100. The first-order valence-corrected chi connectivity index (χ1v) is 11.8. The fourth-order valence-electron chi connectivity index (χ4n) is 2.85. The van der Waals surface area contributed by atoms with Crippen molar-refractivity contribution >= 4 is 39.1 Å². The van der Waals surface area contributed by atoms with Crippen molar-refractivity contribution in [2.24, 2.45) is 0 Å². The number of nitrogens with zero attached hydrogens (tertiary/aromatic N) is 1. The van der Waals surface area contributed by atoms with Crippen LogP contribution in [0.5, 0.6) is 5.75 Å². The van der Waals surface area contributed by atoms with Gasteiger partial charge in [-0.25, -0.2) is 8.42 Å². The van der Waals surface area contributed by atoms with E-state index in [9.17, 15) is 13.2 Å². The minimum atomic E-state index is -3.97. The van der Waals surface area contributed by atoms with Crippen LogP contribution in [0.1, 0.15) is 0 Å². The Balaban J connectivity index is 1.92. The summed E-state index contributed by atoms with van der Waals surface area (Å²) in [5.74, 6) is 0.115. The van der Waals surface area contributed by atoms with Crippen LogP contribution in [0.25, 0.3) is 0 Å². The van der Waals surface area contributed by atoms with Crippen molar-refractivity contribution in [1.29, 1.82) is 0 Å². The van der Waals surface area contributed by atoms with Crippen LogP contribution in [0.4, 0.5) is 11.4 Å². The molecule has 0 unspecified atom stereocenters. The van der Waals surface area contributed by atoms with E-state index < -0.39 is 15.9 Å². The summed E-state index contributed by atoms with van der Waals surface area (Å²) in [6.07, 6.45) is 1.91. The number of hydrogen-bond acceptors (Lipinski definition) is 5. The third-order valence-electron chi connectivity index (χ3n) is 4.36. The fourth-order valence-corrected chi connectivity index (χ4v) is 4.83. The number of carbonyl (C=O) groups is 1. The Morgan fingerprint density at radius 3 is 2.23 bits per heavy atom. The molecule has 30 heavy (non-hydrogen) atoms. The molecule has 156 valence electrons. The highest BCUT2D eigenvalue weighted by Crippen LogP contribution is 2.27. The van der Waals surface area contributed by atoms with E-state index >= 15 is 0 Å². The van der Waals surface area contributed by atoms with Gasteiger partial charge in [-0.05, 0) is 54.8 Å². The summed E-state index contributed by atoms with van der Waals surface area (Å²) in [5.41, 5.74) is 1.05. The van der Waals surface area contributed by atoms with Crippen molar-refractivity contribution in [2.75, 3.05) is 29.5 Å². The average molecular weight is 443 g/mol. The molecule has 6 nitrogen and oxygen atoms in total. The topological polar surface area (TPSA) is 75.7 Å². The molecular formula is C22H22N2O4S2. The number of sulfonamides is 1. The Hall–Kier alpha value is -2.97. The van der Waals surface area contributed by atoms with Gasteiger partial charge in [-0.3, -0.25) is 9.10 Å². The zero-order valence-electron chi connectivity index (χ0n) is 16.6. The van der Waals surface area contributed by atoms with E-state index in [4.69, 9.17) is 4.74 Å². The van der Waals surface area contributed by atoms with Gasteiger partial charge in [-0.1, -0.05) is 30.3 Å². The molecule has 1 N–H and O–H groups in total. The average Bonchev–Trinajstić information content (AvgIpc) is 2.78. The zero-order valence-corrected chi connectivity index (χ0v) is 18.2. The van der Waals surface area contributed by atoms with Crippen molar-refractivity contribution in [3.63, 3.8) is 0 Å². The molecule has 0 atom stereocenters. The van der Waals surface area contributed by atoms with E-state index in [0.717, 1.165) is 9.20 Å². The Kier molecular flexibility index (Phi) is 7.02. The number of nitrogens with one attached hydrogen (secondary N) is 1. The Labute approximate surface area is 180 Å². The van der Waals surface area contributed by atoms with Crippen molar-refractivity contribution in [3.8, 4) is 5.75 Å². The van der Waals surface area contributed by atoms with Gasteiger partial charge in [0.05, 0.1) is 23.4 Å². The molecular weight excluding hydrogens is 420 g/mol. The lowest BCUT2D eigenvalue weighted by Crippen LogP contribution is -2.38. The maximum Gasteiger partial charge on any atom is 0.264 e. The number of methoxy groups -OCH3 is 1. The second kappa shape index (κ2) is 9.69. The molecule has 0 saturated heterocycles. The van der Waals surface area contributed by atoms with E-state index in [0.29, 0.717) is 17.1 Å². The summed E-state index contributed by atoms with van der Waals surface area (Å²) in [5, 5.41) is 2.82. The van der Waals surface area contributed by atoms with Crippen LogP contribution in [0.15, 0.2) is 88.7 Å². The number of para-hydroxylation sites is 2. The summed E-state index contributed by atoms with van der Waals surface area (Å²) in [4.78, 5) is 13.8. The van der Waals surface area contributed by atoms with E-state index in [1.54, 1.807) is 48.5 Å². The molecule has 0 spiro atoms.